The van der Waals surface area contributed by atoms with Crippen molar-refractivity contribution in [3.05, 3.63) is 140 Å². The average Bonchev–Trinajstić information content (AvgIpc) is 4.17. The van der Waals surface area contributed by atoms with E-state index in [2.05, 4.69) is 19.9 Å². The first-order chi connectivity index (χ1) is 32.1. The van der Waals surface area contributed by atoms with Gasteiger partial charge in [-0.05, 0) is 24.3 Å². The van der Waals surface area contributed by atoms with E-state index in [1.54, 1.807) is 0 Å². The van der Waals surface area contributed by atoms with Crippen molar-refractivity contribution in [2.45, 2.75) is 12.2 Å². The molecular weight excluding hydrogens is 966 g/mol. The number of hydrogen-bond acceptors (Lipinski definition) is 6. The summed E-state index contributed by atoms with van der Waals surface area (Å²) in [6.07, 6.45) is -5.79. The first-order valence-electron chi connectivity index (χ1n) is 18.4. The fourth-order valence-corrected chi connectivity index (χ4v) is 7.91. The maximum Gasteiger partial charge on any atom is 0.232 e. The highest BCUT2D eigenvalue weighted by molar-refractivity contribution is 6.15. The van der Waals surface area contributed by atoms with E-state index < -0.39 is 217 Å². The highest BCUT2D eigenvalue weighted by Gasteiger charge is 2.40. The van der Waals surface area contributed by atoms with Crippen molar-refractivity contribution in [3.63, 3.8) is 0 Å². The molecule has 4 N–H and O–H groups in total. The molecule has 4 aromatic carbocycles. The average molecular weight is 977 g/mol. The van der Waals surface area contributed by atoms with Gasteiger partial charge in [-0.1, -0.05) is 0 Å². The van der Waals surface area contributed by atoms with E-state index in [0.29, 0.717) is 24.3 Å². The van der Waals surface area contributed by atoms with E-state index in [4.69, 9.17) is 8.83 Å². The van der Waals surface area contributed by atoms with E-state index in [1.807, 2.05) is 0 Å². The predicted octanol–water partition coefficient (Wildman–Crippen LogP) is 12.4. The molecule has 5 aromatic heterocycles. The molecule has 26 heteroatoms. The molecule has 1 aliphatic heterocycles. The number of hydrogen-bond donors (Lipinski definition) is 4. The van der Waals surface area contributed by atoms with Crippen LogP contribution in [0.3, 0.4) is 0 Å². The van der Waals surface area contributed by atoms with Gasteiger partial charge in [-0.15, -0.1) is 0 Å². The molecule has 1 aliphatic rings. The SMILES string of the molecule is OC1c2nc(c(-c3c(F)c(F)c(F)c(F)c3F)c3ccc([nH]3)c3c(nc4oc5c(F)c(F)c(F)c(F)c5c4c4ccc([nH]4)c2-c2c(F)c(F)c(F)c(F)c2F)oc2c(F)c(F)c(F)c(F)c23)C1O. The lowest BCUT2D eigenvalue weighted by Crippen LogP contribution is -2.09. The molecular formula is C42H10F18N4O4. The summed E-state index contributed by atoms with van der Waals surface area (Å²) >= 11 is 0. The molecule has 0 saturated heterocycles. The lowest BCUT2D eigenvalue weighted by Gasteiger charge is -2.15. The first kappa shape index (κ1) is 44.1. The van der Waals surface area contributed by atoms with Crippen LogP contribution in [0.2, 0.25) is 0 Å². The van der Waals surface area contributed by atoms with Crippen molar-refractivity contribution >= 4 is 66.2 Å². The molecule has 68 heavy (non-hydrogen) atoms. The number of aromatic nitrogens is 4. The zero-order chi connectivity index (χ0) is 49.0. The van der Waals surface area contributed by atoms with Gasteiger partial charge in [0.1, 0.15) is 12.2 Å². The summed E-state index contributed by atoms with van der Waals surface area (Å²) in [5.41, 5.74) is -19.7. The van der Waals surface area contributed by atoms with Crippen LogP contribution in [0.15, 0.2) is 33.1 Å². The molecule has 2 unspecified atom stereocenters. The van der Waals surface area contributed by atoms with Crippen LogP contribution >= 0.6 is 0 Å². The third-order valence-electron chi connectivity index (χ3n) is 11.0. The molecule has 8 nitrogen and oxygen atoms in total. The number of H-pyrrole nitrogens is 2. The minimum atomic E-state index is -2.90. The van der Waals surface area contributed by atoms with E-state index in [1.165, 1.54) is 0 Å². The predicted molar refractivity (Wildman–Crippen MR) is 196 cm³/mol. The maximum absolute atomic E-state index is 15.9. The van der Waals surface area contributed by atoms with Gasteiger partial charge in [-0.25, -0.2) is 70.2 Å². The van der Waals surface area contributed by atoms with Gasteiger partial charge >= 0.3 is 0 Å². The second-order valence-electron chi connectivity index (χ2n) is 14.6. The van der Waals surface area contributed by atoms with Crippen molar-refractivity contribution in [2.24, 2.45) is 0 Å². The summed E-state index contributed by atoms with van der Waals surface area (Å²) in [6.45, 7) is 0. The fraction of sp³-hybridized carbons (Fsp3) is 0.0476. The fourth-order valence-electron chi connectivity index (χ4n) is 7.91. The third kappa shape index (κ3) is 5.75. The number of aromatic amines is 2. The quantitative estimate of drug-likeness (QED) is 0.0777. The second kappa shape index (κ2) is 14.9. The normalized spacial score (nSPS) is 14.8. The largest absolute Gasteiger partial charge is 0.434 e. The van der Waals surface area contributed by atoms with Crippen LogP contribution in [0.1, 0.15) is 23.6 Å². The van der Waals surface area contributed by atoms with Crippen LogP contribution in [-0.4, -0.2) is 30.1 Å². The van der Waals surface area contributed by atoms with Crippen LogP contribution in [-0.2, 0) is 0 Å². The summed E-state index contributed by atoms with van der Waals surface area (Å²) in [6, 6.07) is 2.42. The van der Waals surface area contributed by atoms with Crippen molar-refractivity contribution in [1.29, 1.82) is 0 Å². The summed E-state index contributed by atoms with van der Waals surface area (Å²) in [5, 5.41) is 17.9. The van der Waals surface area contributed by atoms with Crippen LogP contribution < -0.4 is 0 Å². The van der Waals surface area contributed by atoms with Gasteiger partial charge < -0.3 is 29.0 Å². The number of aliphatic hydroxyl groups is 2. The van der Waals surface area contributed by atoms with E-state index in [0.717, 1.165) is 0 Å². The highest BCUT2D eigenvalue weighted by Crippen LogP contribution is 2.48. The number of nitrogens with zero attached hydrogens (tertiary/aromatic N) is 2. The minimum Gasteiger partial charge on any atom is -0.434 e. The Morgan fingerprint density at radius 2 is 0.603 bits per heavy atom. The molecule has 6 heterocycles. The number of aliphatic hydroxyl groups excluding tert-OH is 2. The lowest BCUT2D eigenvalue weighted by atomic mass is 9.96. The molecule has 0 fully saturated rings. The number of nitrogens with one attached hydrogen (secondary N) is 2. The zero-order valence-electron chi connectivity index (χ0n) is 31.9. The Morgan fingerprint density at radius 1 is 0.324 bits per heavy atom. The Kier molecular flexibility index (Phi) is 9.65. The van der Waals surface area contributed by atoms with Crippen LogP contribution in [0.25, 0.3) is 88.5 Å². The molecule has 0 spiro atoms. The Morgan fingerprint density at radius 3 is 0.941 bits per heavy atom. The second-order valence-corrected chi connectivity index (χ2v) is 14.6. The highest BCUT2D eigenvalue weighted by atomic mass is 19.2. The van der Waals surface area contributed by atoms with E-state index >= 15 is 35.1 Å². The molecule has 9 aromatic rings. The number of fused-ring (bicyclic) bond motifs is 14. The van der Waals surface area contributed by atoms with Gasteiger partial charge in [0.25, 0.3) is 0 Å². The number of benzene rings is 4. The van der Waals surface area contributed by atoms with E-state index in [9.17, 15) is 54.1 Å². The molecule has 0 amide bonds. The Labute approximate surface area is 358 Å². The topological polar surface area (TPSA) is 124 Å². The Balaban J connectivity index is 1.57. The molecule has 0 aliphatic carbocycles. The molecule has 2 atom stereocenters. The number of halogens is 18. The van der Waals surface area contributed by atoms with Crippen LogP contribution in [0.4, 0.5) is 79.0 Å². The lowest BCUT2D eigenvalue weighted by molar-refractivity contribution is 0.0259. The van der Waals surface area contributed by atoms with Crippen molar-refractivity contribution in [1.82, 2.24) is 19.9 Å². The van der Waals surface area contributed by atoms with Gasteiger partial charge in [-0.3, -0.25) is 4.98 Å². The minimum absolute atomic E-state index is 0.575. The number of rotatable bonds is 2. The summed E-state index contributed by atoms with van der Waals surface area (Å²) in [7, 11) is 0. The van der Waals surface area contributed by atoms with Crippen molar-refractivity contribution < 1.29 is 98.1 Å². The number of furan rings is 2. The van der Waals surface area contributed by atoms with Crippen LogP contribution in [0, 0.1) is 105 Å². The Hall–Kier alpha value is -7.74. The van der Waals surface area contributed by atoms with Gasteiger partial charge in [0.15, 0.2) is 81.0 Å². The monoisotopic (exact) mass is 976 g/mol. The van der Waals surface area contributed by atoms with Crippen molar-refractivity contribution in [3.8, 4) is 22.3 Å². The molecule has 10 rings (SSSR count). The molecule has 0 radical (unpaired) electrons. The molecule has 348 valence electrons. The van der Waals surface area contributed by atoms with Gasteiger partial charge in [0.05, 0.1) is 55.1 Å². The zero-order valence-corrected chi connectivity index (χ0v) is 31.9. The van der Waals surface area contributed by atoms with Gasteiger partial charge in [-0.2, -0.15) is 13.8 Å². The first-order valence-corrected chi connectivity index (χ1v) is 18.4. The van der Waals surface area contributed by atoms with E-state index in [-0.39, 0.29) is 0 Å². The summed E-state index contributed by atoms with van der Waals surface area (Å²) in [4.78, 5) is 12.0. The maximum atomic E-state index is 15.9. The Bertz CT molecular complexity index is 3670. The smallest absolute Gasteiger partial charge is 0.232 e. The summed E-state index contributed by atoms with van der Waals surface area (Å²) < 4.78 is 284. The molecule has 6 bridgehead atoms. The van der Waals surface area contributed by atoms with Crippen LogP contribution in [0.5, 0.6) is 0 Å². The summed E-state index contributed by atoms with van der Waals surface area (Å²) in [5.74, 6) is -46.4. The van der Waals surface area contributed by atoms with Gasteiger partial charge in [0.2, 0.25) is 46.3 Å². The van der Waals surface area contributed by atoms with Crippen molar-refractivity contribution in [2.75, 3.05) is 0 Å². The molecule has 0 saturated carbocycles. The third-order valence-corrected chi connectivity index (χ3v) is 11.0. The standard InChI is InChI=1S/C42H10F18N4O4/c43-17-13(18(44)24(50)29(55)23(17)49)9-5-1-3-7(61-5)11-15-21(47)27(53)31(57)33(59)39(15)67-41(11)64-42-12(16-22(48)28(54)32(58)34(60)40(16)68-42)8-4-2-6(62-8)10(36-38(66)37(65)35(9)63-36)14-19(45)25(51)30(56)26(52)20(14)46/h1-4,37-38,61-62,65-66H. The van der Waals surface area contributed by atoms with Gasteiger partial charge in [0, 0.05) is 22.2 Å².